The fraction of sp³-hybridized carbons (Fsp3) is 0.688. The van der Waals surface area contributed by atoms with Gasteiger partial charge in [-0.2, -0.15) is 0 Å². The smallest absolute Gasteiger partial charge is 0.270 e. The highest BCUT2D eigenvalue weighted by Gasteiger charge is 2.19. The van der Waals surface area contributed by atoms with Crippen molar-refractivity contribution >= 4 is 11.7 Å². The molecule has 1 N–H and O–H groups in total. The number of nitrogens with one attached hydrogen (secondary N) is 1. The third kappa shape index (κ3) is 5.14. The number of nitrogens with zero attached hydrogens (tertiary/aromatic N) is 5. The number of carbonyl (C=O) groups is 1. The van der Waals surface area contributed by atoms with Crippen LogP contribution < -0.4 is 10.2 Å². The highest BCUT2D eigenvalue weighted by molar-refractivity contribution is 5.92. The SMILES string of the molecule is CCN1CCN(c2cc(C(=O)NCCN(C)C)nc(C)n2)CC1. The Morgan fingerprint density at radius 1 is 1.26 bits per heavy atom. The van der Waals surface area contributed by atoms with Gasteiger partial charge < -0.3 is 20.0 Å². The van der Waals surface area contributed by atoms with Gasteiger partial charge in [-0.1, -0.05) is 6.92 Å². The minimum atomic E-state index is -0.134. The molecule has 23 heavy (non-hydrogen) atoms. The molecule has 1 fully saturated rings. The van der Waals surface area contributed by atoms with Gasteiger partial charge in [0.2, 0.25) is 0 Å². The van der Waals surface area contributed by atoms with E-state index < -0.39 is 0 Å². The Balaban J connectivity index is 2.02. The number of hydrogen-bond donors (Lipinski definition) is 1. The molecule has 1 aromatic rings. The summed E-state index contributed by atoms with van der Waals surface area (Å²) in [6.45, 7) is 10.5. The topological polar surface area (TPSA) is 64.6 Å². The molecule has 1 aromatic heterocycles. The molecule has 0 spiro atoms. The molecular weight excluding hydrogens is 292 g/mol. The molecule has 2 rings (SSSR count). The van der Waals surface area contributed by atoms with E-state index in [9.17, 15) is 4.79 Å². The third-order valence-corrected chi connectivity index (χ3v) is 4.05. The normalized spacial score (nSPS) is 16.0. The van der Waals surface area contributed by atoms with E-state index in [1.54, 1.807) is 6.07 Å². The highest BCUT2D eigenvalue weighted by atomic mass is 16.1. The molecule has 0 radical (unpaired) electrons. The number of hydrogen-bond acceptors (Lipinski definition) is 6. The van der Waals surface area contributed by atoms with Gasteiger partial charge in [0.15, 0.2) is 0 Å². The van der Waals surface area contributed by atoms with Gasteiger partial charge >= 0.3 is 0 Å². The average molecular weight is 320 g/mol. The summed E-state index contributed by atoms with van der Waals surface area (Å²) in [5, 5.41) is 2.91. The maximum Gasteiger partial charge on any atom is 0.270 e. The number of aromatic nitrogens is 2. The Morgan fingerprint density at radius 3 is 2.57 bits per heavy atom. The maximum atomic E-state index is 12.3. The summed E-state index contributed by atoms with van der Waals surface area (Å²) in [6.07, 6.45) is 0. The van der Waals surface area contributed by atoms with Crippen LogP contribution in [0.25, 0.3) is 0 Å². The van der Waals surface area contributed by atoms with E-state index in [2.05, 4.69) is 32.0 Å². The number of carbonyl (C=O) groups excluding carboxylic acids is 1. The van der Waals surface area contributed by atoms with Crippen molar-refractivity contribution in [3.63, 3.8) is 0 Å². The van der Waals surface area contributed by atoms with Crippen molar-refractivity contribution in [3.05, 3.63) is 17.6 Å². The van der Waals surface area contributed by atoms with Crippen LogP contribution in [0, 0.1) is 6.92 Å². The summed E-state index contributed by atoms with van der Waals surface area (Å²) in [7, 11) is 3.96. The maximum absolute atomic E-state index is 12.3. The first-order valence-corrected chi connectivity index (χ1v) is 8.25. The number of aryl methyl sites for hydroxylation is 1. The van der Waals surface area contributed by atoms with Gasteiger partial charge in [0.1, 0.15) is 17.3 Å². The second-order valence-electron chi connectivity index (χ2n) is 6.14. The van der Waals surface area contributed by atoms with Crippen LogP contribution in [0.2, 0.25) is 0 Å². The molecule has 1 aliphatic rings. The molecule has 128 valence electrons. The van der Waals surface area contributed by atoms with Crippen molar-refractivity contribution < 1.29 is 4.79 Å². The third-order valence-electron chi connectivity index (χ3n) is 4.05. The Hall–Kier alpha value is -1.73. The molecule has 1 aliphatic heterocycles. The van der Waals surface area contributed by atoms with Crippen LogP contribution in [0.1, 0.15) is 23.2 Å². The van der Waals surface area contributed by atoms with E-state index in [0.717, 1.165) is 45.1 Å². The lowest BCUT2D eigenvalue weighted by Gasteiger charge is -2.34. The fourth-order valence-corrected chi connectivity index (χ4v) is 2.61. The van der Waals surface area contributed by atoms with E-state index >= 15 is 0 Å². The number of rotatable bonds is 6. The minimum absolute atomic E-state index is 0.134. The molecule has 0 atom stereocenters. The standard InChI is InChI=1S/C16H28N6O/c1-5-21-8-10-22(11-9-21)15-12-14(18-13(2)19-15)16(23)17-6-7-20(3)4/h12H,5-11H2,1-4H3,(H,17,23). The van der Waals surface area contributed by atoms with Gasteiger partial charge in [-0.15, -0.1) is 0 Å². The molecule has 0 saturated carbocycles. The van der Waals surface area contributed by atoms with Crippen LogP contribution in [-0.2, 0) is 0 Å². The van der Waals surface area contributed by atoms with E-state index in [0.29, 0.717) is 18.1 Å². The van der Waals surface area contributed by atoms with Gasteiger partial charge in [0, 0.05) is 45.3 Å². The molecule has 0 aliphatic carbocycles. The molecule has 1 amide bonds. The van der Waals surface area contributed by atoms with Crippen LogP contribution in [0.4, 0.5) is 5.82 Å². The Labute approximate surface area is 138 Å². The Kier molecular flexibility index (Phi) is 6.29. The lowest BCUT2D eigenvalue weighted by Crippen LogP contribution is -2.46. The van der Waals surface area contributed by atoms with Gasteiger partial charge in [-0.3, -0.25) is 4.79 Å². The van der Waals surface area contributed by atoms with Crippen molar-refractivity contribution in [2.24, 2.45) is 0 Å². The first-order chi connectivity index (χ1) is 11.0. The minimum Gasteiger partial charge on any atom is -0.354 e. The molecule has 7 heteroatoms. The van der Waals surface area contributed by atoms with Crippen LogP contribution in [0.15, 0.2) is 6.07 Å². The number of amides is 1. The Morgan fingerprint density at radius 2 is 1.96 bits per heavy atom. The van der Waals surface area contributed by atoms with Gasteiger partial charge in [-0.05, 0) is 27.6 Å². The first kappa shape index (κ1) is 17.6. The number of likely N-dealkylation sites (N-methyl/N-ethyl adjacent to an activating group) is 2. The molecule has 0 aromatic carbocycles. The molecule has 7 nitrogen and oxygen atoms in total. The molecule has 0 unspecified atom stereocenters. The average Bonchev–Trinajstić information content (AvgIpc) is 2.54. The summed E-state index contributed by atoms with van der Waals surface area (Å²) in [6, 6.07) is 1.81. The predicted octanol–water partition coefficient (Wildman–Crippen LogP) is 0.218. The van der Waals surface area contributed by atoms with Gasteiger partial charge in [0.05, 0.1) is 0 Å². The van der Waals surface area contributed by atoms with E-state index in [1.165, 1.54) is 0 Å². The van der Waals surface area contributed by atoms with E-state index in [1.807, 2.05) is 25.9 Å². The largest absolute Gasteiger partial charge is 0.354 e. The zero-order chi connectivity index (χ0) is 16.8. The zero-order valence-electron chi connectivity index (χ0n) is 14.7. The second kappa shape index (κ2) is 8.21. The monoisotopic (exact) mass is 320 g/mol. The first-order valence-electron chi connectivity index (χ1n) is 8.25. The summed E-state index contributed by atoms with van der Waals surface area (Å²) >= 11 is 0. The van der Waals surface area contributed by atoms with Crippen molar-refractivity contribution in [1.29, 1.82) is 0 Å². The Bertz CT molecular complexity index is 525. The van der Waals surface area contributed by atoms with Gasteiger partial charge in [0.25, 0.3) is 5.91 Å². The fourth-order valence-electron chi connectivity index (χ4n) is 2.61. The van der Waals surface area contributed by atoms with Gasteiger partial charge in [-0.25, -0.2) is 9.97 Å². The zero-order valence-corrected chi connectivity index (χ0v) is 14.7. The van der Waals surface area contributed by atoms with Crippen molar-refractivity contribution in [3.8, 4) is 0 Å². The molecule has 0 bridgehead atoms. The van der Waals surface area contributed by atoms with Crippen molar-refractivity contribution in [2.75, 3.05) is 64.8 Å². The van der Waals surface area contributed by atoms with Crippen molar-refractivity contribution in [2.45, 2.75) is 13.8 Å². The molecule has 2 heterocycles. The lowest BCUT2D eigenvalue weighted by atomic mass is 10.3. The van der Waals surface area contributed by atoms with E-state index in [-0.39, 0.29) is 5.91 Å². The van der Waals surface area contributed by atoms with Crippen LogP contribution in [0.5, 0.6) is 0 Å². The second-order valence-corrected chi connectivity index (χ2v) is 6.14. The van der Waals surface area contributed by atoms with Crippen LogP contribution >= 0.6 is 0 Å². The van der Waals surface area contributed by atoms with Crippen molar-refractivity contribution in [1.82, 2.24) is 25.1 Å². The molecular formula is C16H28N6O. The summed E-state index contributed by atoms with van der Waals surface area (Å²) in [4.78, 5) is 27.7. The summed E-state index contributed by atoms with van der Waals surface area (Å²) in [5.74, 6) is 1.36. The van der Waals surface area contributed by atoms with Crippen LogP contribution in [0.3, 0.4) is 0 Å². The predicted molar refractivity (Wildman–Crippen MR) is 92.0 cm³/mol. The highest BCUT2D eigenvalue weighted by Crippen LogP contribution is 2.15. The summed E-state index contributed by atoms with van der Waals surface area (Å²) < 4.78 is 0. The number of piperazine rings is 1. The van der Waals surface area contributed by atoms with Crippen LogP contribution in [-0.4, -0.2) is 85.6 Å². The number of anilines is 1. The van der Waals surface area contributed by atoms with E-state index in [4.69, 9.17) is 0 Å². The summed E-state index contributed by atoms with van der Waals surface area (Å²) in [5.41, 5.74) is 0.448. The quantitative estimate of drug-likeness (QED) is 0.809. The lowest BCUT2D eigenvalue weighted by molar-refractivity contribution is 0.0945. The molecule has 1 saturated heterocycles.